The molecule has 0 heterocycles. The lowest BCUT2D eigenvalue weighted by Crippen LogP contribution is -2.20. The summed E-state index contributed by atoms with van der Waals surface area (Å²) in [7, 11) is 0. The number of hydrogen-bond acceptors (Lipinski definition) is 1. The summed E-state index contributed by atoms with van der Waals surface area (Å²) < 4.78 is 69.6. The molecule has 0 aliphatic carbocycles. The van der Waals surface area contributed by atoms with Crippen LogP contribution in [-0.4, -0.2) is 23.4 Å². The molecule has 0 bridgehead atoms. The van der Waals surface area contributed by atoms with Crippen LogP contribution in [-0.2, 0) is 4.79 Å². The Morgan fingerprint density at radius 3 is 1.79 bits per heavy atom. The fourth-order valence-corrected chi connectivity index (χ4v) is 0.542. The zero-order chi connectivity index (χ0) is 11.6. The first kappa shape index (κ1) is 12.8. The second kappa shape index (κ2) is 3.89. The van der Waals surface area contributed by atoms with Crippen LogP contribution < -0.4 is 0 Å². The van der Waals surface area contributed by atoms with Crippen LogP contribution in [0.1, 0.15) is 6.42 Å². The summed E-state index contributed by atoms with van der Waals surface area (Å²) in [6.07, 6.45) is -12.5. The van der Waals surface area contributed by atoms with E-state index in [0.29, 0.717) is 0 Å². The van der Waals surface area contributed by atoms with Crippen molar-refractivity contribution in [2.75, 3.05) is 0 Å². The van der Waals surface area contributed by atoms with Crippen molar-refractivity contribution in [2.45, 2.75) is 18.8 Å². The molecule has 0 atom stereocenters. The molecule has 2 nitrogen and oxygen atoms in total. The number of carboxylic acids is 1. The molecule has 0 unspecified atom stereocenters. The Hall–Kier alpha value is -1.21. The van der Waals surface area contributed by atoms with E-state index in [1.807, 2.05) is 0 Å². The van der Waals surface area contributed by atoms with Crippen molar-refractivity contribution in [3.05, 3.63) is 11.6 Å². The number of aliphatic carboxylic acids is 1. The van der Waals surface area contributed by atoms with E-state index in [9.17, 15) is 31.1 Å². The van der Waals surface area contributed by atoms with Crippen molar-refractivity contribution in [1.29, 1.82) is 0 Å². The van der Waals surface area contributed by atoms with E-state index in [0.717, 1.165) is 0 Å². The molecule has 0 radical (unpaired) electrons. The van der Waals surface area contributed by atoms with Gasteiger partial charge in [0.1, 0.15) is 5.57 Å². The standard InChI is InChI=1S/C6H4F6O2/c7-5(8,9)2-1-3(4(13)14)6(10,11)12/h1H,2H2,(H,13,14). The normalized spacial score (nSPS) is 14.3. The Morgan fingerprint density at radius 1 is 1.14 bits per heavy atom. The predicted octanol–water partition coefficient (Wildman–Crippen LogP) is 2.51. The van der Waals surface area contributed by atoms with Gasteiger partial charge >= 0.3 is 18.3 Å². The summed E-state index contributed by atoms with van der Waals surface area (Å²) in [6, 6.07) is 0. The summed E-state index contributed by atoms with van der Waals surface area (Å²) in [5, 5.41) is 7.95. The predicted molar refractivity (Wildman–Crippen MR) is 32.4 cm³/mol. The van der Waals surface area contributed by atoms with Gasteiger partial charge in [0, 0.05) is 0 Å². The zero-order valence-electron chi connectivity index (χ0n) is 6.41. The Bertz CT molecular complexity index is 248. The van der Waals surface area contributed by atoms with E-state index >= 15 is 0 Å². The number of carboxylic acid groups (broad SMARTS) is 1. The third-order valence-corrected chi connectivity index (χ3v) is 1.07. The van der Waals surface area contributed by atoms with E-state index in [1.165, 1.54) is 0 Å². The Kier molecular flexibility index (Phi) is 3.55. The molecule has 0 aromatic heterocycles. The van der Waals surface area contributed by atoms with Gasteiger partial charge in [-0.1, -0.05) is 6.08 Å². The van der Waals surface area contributed by atoms with Crippen LogP contribution in [0.25, 0.3) is 0 Å². The highest BCUT2D eigenvalue weighted by Crippen LogP contribution is 2.28. The highest BCUT2D eigenvalue weighted by Gasteiger charge is 2.39. The van der Waals surface area contributed by atoms with Gasteiger partial charge in [-0.2, -0.15) is 26.3 Å². The van der Waals surface area contributed by atoms with Gasteiger partial charge in [-0.15, -0.1) is 0 Å². The number of alkyl halides is 6. The maximum atomic E-state index is 11.7. The lowest BCUT2D eigenvalue weighted by Gasteiger charge is -2.07. The van der Waals surface area contributed by atoms with E-state index in [1.54, 1.807) is 0 Å². The summed E-state index contributed by atoms with van der Waals surface area (Å²) in [5.41, 5.74) is -2.21. The van der Waals surface area contributed by atoms with Crippen LogP contribution in [0, 0.1) is 0 Å². The number of hydrogen-bond donors (Lipinski definition) is 1. The summed E-state index contributed by atoms with van der Waals surface area (Å²) in [5.74, 6) is -2.43. The van der Waals surface area contributed by atoms with E-state index in [-0.39, 0.29) is 0 Å². The molecule has 0 spiro atoms. The topological polar surface area (TPSA) is 37.3 Å². The number of halogens is 6. The van der Waals surface area contributed by atoms with Crippen LogP contribution in [0.5, 0.6) is 0 Å². The molecule has 0 aliphatic rings. The Balaban J connectivity index is 4.78. The number of carbonyl (C=O) groups is 1. The molecular formula is C6H4F6O2. The SMILES string of the molecule is O=C(O)C(=CCC(F)(F)F)C(F)(F)F. The van der Waals surface area contributed by atoms with Gasteiger partial charge in [-0.05, 0) is 0 Å². The first-order valence-electron chi connectivity index (χ1n) is 3.11. The summed E-state index contributed by atoms with van der Waals surface area (Å²) >= 11 is 0. The van der Waals surface area contributed by atoms with Crippen molar-refractivity contribution in [3.8, 4) is 0 Å². The fourth-order valence-electron chi connectivity index (χ4n) is 0.542. The van der Waals surface area contributed by atoms with Gasteiger partial charge in [-0.3, -0.25) is 0 Å². The molecule has 0 fully saturated rings. The minimum absolute atomic E-state index is 0.400. The maximum Gasteiger partial charge on any atom is 0.423 e. The van der Waals surface area contributed by atoms with Crippen molar-refractivity contribution in [2.24, 2.45) is 0 Å². The van der Waals surface area contributed by atoms with Gasteiger partial charge in [-0.25, -0.2) is 4.79 Å². The van der Waals surface area contributed by atoms with Crippen molar-refractivity contribution >= 4 is 5.97 Å². The molecule has 0 saturated heterocycles. The van der Waals surface area contributed by atoms with Gasteiger partial charge in [0.25, 0.3) is 0 Å². The van der Waals surface area contributed by atoms with Crippen molar-refractivity contribution < 1.29 is 36.2 Å². The Morgan fingerprint density at radius 2 is 1.57 bits per heavy atom. The maximum absolute atomic E-state index is 11.7. The molecule has 0 aromatic carbocycles. The van der Waals surface area contributed by atoms with Crippen LogP contribution in [0.4, 0.5) is 26.3 Å². The van der Waals surface area contributed by atoms with Crippen LogP contribution >= 0.6 is 0 Å². The summed E-state index contributed by atoms with van der Waals surface area (Å²) in [4.78, 5) is 9.91. The molecule has 1 N–H and O–H groups in total. The van der Waals surface area contributed by atoms with Crippen LogP contribution in [0.2, 0.25) is 0 Å². The van der Waals surface area contributed by atoms with Gasteiger partial charge in [0.15, 0.2) is 0 Å². The largest absolute Gasteiger partial charge is 0.478 e. The Labute approximate surface area is 73.8 Å². The first-order valence-corrected chi connectivity index (χ1v) is 3.11. The third-order valence-electron chi connectivity index (χ3n) is 1.07. The average Bonchev–Trinajstić information content (AvgIpc) is 1.79. The van der Waals surface area contributed by atoms with E-state index in [4.69, 9.17) is 5.11 Å². The molecule has 8 heteroatoms. The quantitative estimate of drug-likeness (QED) is 0.575. The average molecular weight is 222 g/mol. The molecule has 0 aliphatic heterocycles. The molecule has 14 heavy (non-hydrogen) atoms. The zero-order valence-corrected chi connectivity index (χ0v) is 6.41. The van der Waals surface area contributed by atoms with Crippen molar-refractivity contribution in [3.63, 3.8) is 0 Å². The highest BCUT2D eigenvalue weighted by atomic mass is 19.4. The lowest BCUT2D eigenvalue weighted by molar-refractivity contribution is -0.145. The minimum atomic E-state index is -5.28. The monoisotopic (exact) mass is 222 g/mol. The molecule has 0 rings (SSSR count). The minimum Gasteiger partial charge on any atom is -0.478 e. The molecule has 0 saturated carbocycles. The number of allylic oxidation sites excluding steroid dienone is 1. The third kappa shape index (κ3) is 4.73. The van der Waals surface area contributed by atoms with E-state index < -0.39 is 36.4 Å². The fraction of sp³-hybridized carbons (Fsp3) is 0.500. The van der Waals surface area contributed by atoms with Crippen LogP contribution in [0.15, 0.2) is 11.6 Å². The highest BCUT2D eigenvalue weighted by molar-refractivity contribution is 5.88. The second-order valence-electron chi connectivity index (χ2n) is 2.24. The molecule has 0 aromatic rings. The molecular weight excluding hydrogens is 218 g/mol. The van der Waals surface area contributed by atoms with Crippen LogP contribution in [0.3, 0.4) is 0 Å². The first-order chi connectivity index (χ1) is 6.04. The summed E-state index contributed by atoms with van der Waals surface area (Å²) in [6.45, 7) is 0. The van der Waals surface area contributed by atoms with Gasteiger partial charge < -0.3 is 5.11 Å². The van der Waals surface area contributed by atoms with Crippen molar-refractivity contribution in [1.82, 2.24) is 0 Å². The molecule has 82 valence electrons. The lowest BCUT2D eigenvalue weighted by atomic mass is 10.2. The smallest absolute Gasteiger partial charge is 0.423 e. The number of rotatable bonds is 2. The molecule has 0 amide bonds. The van der Waals surface area contributed by atoms with Gasteiger partial charge in [0.2, 0.25) is 0 Å². The van der Waals surface area contributed by atoms with E-state index in [2.05, 4.69) is 0 Å². The second-order valence-corrected chi connectivity index (χ2v) is 2.24. The van der Waals surface area contributed by atoms with Gasteiger partial charge in [0.05, 0.1) is 6.42 Å².